The van der Waals surface area contributed by atoms with Crippen LogP contribution in [0.5, 0.6) is 5.75 Å². The maximum Gasteiger partial charge on any atom is 0.300 e. The van der Waals surface area contributed by atoms with Crippen LogP contribution in [-0.4, -0.2) is 11.0 Å². The number of rotatable bonds is 1. The molecule has 1 aromatic rings. The number of nitrogens with one attached hydrogen (secondary N) is 1. The van der Waals surface area contributed by atoms with Crippen molar-refractivity contribution in [1.29, 1.82) is 0 Å². The predicted octanol–water partition coefficient (Wildman–Crippen LogP) is 2.01. The normalized spacial score (nSPS) is 8.71. The monoisotopic (exact) mass is 209 g/mol. The van der Waals surface area contributed by atoms with Gasteiger partial charge in [-0.05, 0) is 25.0 Å². The number of carbonyl (C=O) groups excluding carboxylic acids is 1. The van der Waals surface area contributed by atoms with E-state index < -0.39 is 5.91 Å². The van der Waals surface area contributed by atoms with E-state index in [9.17, 15) is 9.90 Å². The van der Waals surface area contributed by atoms with Gasteiger partial charge in [0.2, 0.25) is 0 Å². The molecular weight excluding hydrogens is 202 g/mol. The number of hydrogen-bond donors (Lipinski definition) is 2. The van der Waals surface area contributed by atoms with E-state index in [4.69, 9.17) is 11.6 Å². The zero-order valence-corrected chi connectivity index (χ0v) is 8.22. The van der Waals surface area contributed by atoms with Gasteiger partial charge in [-0.1, -0.05) is 17.5 Å². The minimum Gasteiger partial charge on any atom is -0.506 e. The molecule has 0 aliphatic rings. The third-order valence-corrected chi connectivity index (χ3v) is 1.76. The molecule has 0 saturated heterocycles. The number of phenols is 1. The highest BCUT2D eigenvalue weighted by Gasteiger charge is 2.01. The lowest BCUT2D eigenvalue weighted by atomic mass is 10.3. The highest BCUT2D eigenvalue weighted by molar-refractivity contribution is 6.32. The first-order valence-electron chi connectivity index (χ1n) is 3.85. The molecule has 14 heavy (non-hydrogen) atoms. The second-order valence-corrected chi connectivity index (χ2v) is 2.90. The number of hydrogen-bond acceptors (Lipinski definition) is 2. The summed E-state index contributed by atoms with van der Waals surface area (Å²) in [6, 6.07) is 4.43. The Kier molecular flexibility index (Phi) is 3.38. The highest BCUT2D eigenvalue weighted by Crippen LogP contribution is 2.25. The molecule has 0 fully saturated rings. The van der Waals surface area contributed by atoms with E-state index in [1.54, 1.807) is 13.0 Å². The second-order valence-electron chi connectivity index (χ2n) is 2.50. The molecule has 3 nitrogen and oxygen atoms in total. The minimum atomic E-state index is -0.422. The van der Waals surface area contributed by atoms with E-state index >= 15 is 0 Å². The maximum absolute atomic E-state index is 11.0. The lowest BCUT2D eigenvalue weighted by molar-refractivity contribution is -0.111. The van der Waals surface area contributed by atoms with E-state index in [0.29, 0.717) is 5.69 Å². The smallest absolute Gasteiger partial charge is 0.300 e. The number of halogens is 1. The Morgan fingerprint density at radius 1 is 1.57 bits per heavy atom. The van der Waals surface area contributed by atoms with Gasteiger partial charge in [0.05, 0.1) is 5.02 Å². The van der Waals surface area contributed by atoms with Crippen molar-refractivity contribution < 1.29 is 9.90 Å². The zero-order chi connectivity index (χ0) is 10.6. The summed E-state index contributed by atoms with van der Waals surface area (Å²) >= 11 is 5.59. The molecule has 0 saturated carbocycles. The minimum absolute atomic E-state index is 0.0751. The molecule has 4 heteroatoms. The Bertz CT molecular complexity index is 418. The summed E-state index contributed by atoms with van der Waals surface area (Å²) in [6.07, 6.45) is 0. The molecule has 0 radical (unpaired) electrons. The molecular formula is C10H8ClNO2. The molecule has 0 aliphatic carbocycles. The standard InChI is InChI=1S/C10H8ClNO2/c1-2-3-10(14)12-7-4-5-8(11)9(13)6-7/h4-6,13H,1H3,(H,12,14). The fourth-order valence-electron chi connectivity index (χ4n) is 0.866. The first-order valence-corrected chi connectivity index (χ1v) is 4.23. The van der Waals surface area contributed by atoms with Gasteiger partial charge in [-0.15, -0.1) is 0 Å². The molecule has 72 valence electrons. The summed E-state index contributed by atoms with van der Waals surface area (Å²) in [5.74, 6) is 4.28. The first kappa shape index (κ1) is 10.4. The molecule has 0 atom stereocenters. The van der Waals surface area contributed by atoms with Crippen molar-refractivity contribution >= 4 is 23.2 Å². The third kappa shape index (κ3) is 2.68. The zero-order valence-electron chi connectivity index (χ0n) is 7.47. The van der Waals surface area contributed by atoms with Crippen LogP contribution in [-0.2, 0) is 4.79 Å². The summed E-state index contributed by atoms with van der Waals surface area (Å²) in [5.41, 5.74) is 0.458. The molecule has 1 aromatic carbocycles. The average molecular weight is 210 g/mol. The summed E-state index contributed by atoms with van der Waals surface area (Å²) in [6.45, 7) is 1.57. The highest BCUT2D eigenvalue weighted by atomic mass is 35.5. The van der Waals surface area contributed by atoms with Crippen molar-refractivity contribution in [2.45, 2.75) is 6.92 Å². The van der Waals surface area contributed by atoms with Crippen molar-refractivity contribution in [3.63, 3.8) is 0 Å². The molecule has 0 spiro atoms. The van der Waals surface area contributed by atoms with Crippen LogP contribution in [0.2, 0.25) is 5.02 Å². The van der Waals surface area contributed by atoms with Gasteiger partial charge in [-0.25, -0.2) is 0 Å². The Balaban J connectivity index is 2.81. The van der Waals surface area contributed by atoms with Crippen LogP contribution >= 0.6 is 11.6 Å². The summed E-state index contributed by atoms with van der Waals surface area (Å²) < 4.78 is 0. The van der Waals surface area contributed by atoms with Gasteiger partial charge in [-0.2, -0.15) is 0 Å². The number of carbonyl (C=O) groups is 1. The summed E-state index contributed by atoms with van der Waals surface area (Å²) in [7, 11) is 0. The fourth-order valence-corrected chi connectivity index (χ4v) is 0.984. The quantitative estimate of drug-likeness (QED) is 0.696. The lowest BCUT2D eigenvalue weighted by Crippen LogP contribution is -2.07. The Morgan fingerprint density at radius 3 is 2.86 bits per heavy atom. The van der Waals surface area contributed by atoms with E-state index in [0.717, 1.165) is 0 Å². The maximum atomic E-state index is 11.0. The molecule has 0 aliphatic heterocycles. The molecule has 0 bridgehead atoms. The second kappa shape index (κ2) is 4.54. The largest absolute Gasteiger partial charge is 0.506 e. The average Bonchev–Trinajstić information content (AvgIpc) is 2.12. The number of anilines is 1. The van der Waals surface area contributed by atoms with E-state index in [2.05, 4.69) is 17.2 Å². The van der Waals surface area contributed by atoms with Gasteiger partial charge in [0, 0.05) is 11.8 Å². The van der Waals surface area contributed by atoms with Gasteiger partial charge >= 0.3 is 0 Å². The fraction of sp³-hybridized carbons (Fsp3) is 0.100. The van der Waals surface area contributed by atoms with Crippen LogP contribution in [0.25, 0.3) is 0 Å². The Labute approximate surface area is 86.7 Å². The number of aromatic hydroxyl groups is 1. The molecule has 1 amide bonds. The predicted molar refractivity (Wildman–Crippen MR) is 55.2 cm³/mol. The number of amides is 1. The number of benzene rings is 1. The Hall–Kier alpha value is -1.66. The molecule has 2 N–H and O–H groups in total. The van der Waals surface area contributed by atoms with E-state index in [1.807, 2.05) is 0 Å². The molecule has 0 aromatic heterocycles. The van der Waals surface area contributed by atoms with Crippen LogP contribution < -0.4 is 5.32 Å². The lowest BCUT2D eigenvalue weighted by Gasteiger charge is -2.02. The van der Waals surface area contributed by atoms with Gasteiger partial charge in [-0.3, -0.25) is 4.79 Å². The van der Waals surface area contributed by atoms with Crippen molar-refractivity contribution in [3.05, 3.63) is 23.2 Å². The van der Waals surface area contributed by atoms with Crippen molar-refractivity contribution in [1.82, 2.24) is 0 Å². The van der Waals surface area contributed by atoms with Crippen molar-refractivity contribution in [3.8, 4) is 17.6 Å². The van der Waals surface area contributed by atoms with Crippen molar-refractivity contribution in [2.75, 3.05) is 5.32 Å². The van der Waals surface area contributed by atoms with Crippen LogP contribution in [0.3, 0.4) is 0 Å². The Morgan fingerprint density at radius 2 is 2.29 bits per heavy atom. The van der Waals surface area contributed by atoms with Gasteiger partial charge in [0.1, 0.15) is 5.75 Å². The summed E-state index contributed by atoms with van der Waals surface area (Å²) in [5, 5.41) is 11.9. The van der Waals surface area contributed by atoms with Crippen LogP contribution in [0.1, 0.15) is 6.92 Å². The van der Waals surface area contributed by atoms with Crippen LogP contribution in [0.15, 0.2) is 18.2 Å². The third-order valence-electron chi connectivity index (χ3n) is 1.44. The van der Waals surface area contributed by atoms with Gasteiger partial charge in [0.15, 0.2) is 0 Å². The van der Waals surface area contributed by atoms with E-state index in [1.165, 1.54) is 12.1 Å². The molecule has 0 unspecified atom stereocenters. The van der Waals surface area contributed by atoms with Crippen LogP contribution in [0.4, 0.5) is 5.69 Å². The van der Waals surface area contributed by atoms with Gasteiger partial charge in [0.25, 0.3) is 5.91 Å². The number of phenolic OH excluding ortho intramolecular Hbond substituents is 1. The SMILES string of the molecule is CC#CC(=O)Nc1ccc(Cl)c(O)c1. The summed E-state index contributed by atoms with van der Waals surface area (Å²) in [4.78, 5) is 11.0. The van der Waals surface area contributed by atoms with Gasteiger partial charge < -0.3 is 10.4 Å². The first-order chi connectivity index (χ1) is 6.63. The molecule has 0 heterocycles. The molecule has 1 rings (SSSR count). The van der Waals surface area contributed by atoms with E-state index in [-0.39, 0.29) is 10.8 Å². The topological polar surface area (TPSA) is 49.3 Å². The van der Waals surface area contributed by atoms with Crippen molar-refractivity contribution in [2.24, 2.45) is 0 Å². The van der Waals surface area contributed by atoms with Crippen LogP contribution in [0, 0.1) is 11.8 Å².